The zero-order valence-corrected chi connectivity index (χ0v) is 10.2. The van der Waals surface area contributed by atoms with Gasteiger partial charge in [-0.1, -0.05) is 11.8 Å². The Labute approximate surface area is 102 Å². The van der Waals surface area contributed by atoms with Crippen LogP contribution in [0.15, 0.2) is 12.1 Å². The molecule has 4 nitrogen and oxygen atoms in total. The Kier molecular flexibility index (Phi) is 5.02. The average molecular weight is 280 g/mol. The zero-order valence-electron chi connectivity index (χ0n) is 8.61. The fraction of sp³-hybridized carbons (Fsp3) is 0.333. The fourth-order valence-corrected chi connectivity index (χ4v) is 2.31. The van der Waals surface area contributed by atoms with Gasteiger partial charge in [-0.25, -0.2) is 13.1 Å². The molecule has 1 rings (SSSR count). The Hall–Kier alpha value is -1.01. The van der Waals surface area contributed by atoms with Crippen LogP contribution in [0, 0.1) is 11.8 Å². The van der Waals surface area contributed by atoms with Crippen LogP contribution in [0.1, 0.15) is 9.75 Å². The van der Waals surface area contributed by atoms with Gasteiger partial charge in [0, 0.05) is 11.4 Å². The Morgan fingerprint density at radius 1 is 1.47 bits per heavy atom. The van der Waals surface area contributed by atoms with Gasteiger partial charge in [0.25, 0.3) is 10.0 Å². The van der Waals surface area contributed by atoms with Crippen LogP contribution in [-0.4, -0.2) is 20.7 Å². The van der Waals surface area contributed by atoms with Crippen LogP contribution in [0.25, 0.3) is 0 Å². The third kappa shape index (κ3) is 4.40. The number of sulfonamides is 1. The number of alkyl halides is 2. The number of nitrogens with two attached hydrogens (primary N) is 1. The summed E-state index contributed by atoms with van der Waals surface area (Å²) in [5, 5.41) is 0. The van der Waals surface area contributed by atoms with Crippen LogP contribution in [-0.2, 0) is 16.6 Å². The SMILES string of the molecule is NCC#Cc1ccc(CNS(=O)(=O)C(F)F)s1. The van der Waals surface area contributed by atoms with E-state index in [-0.39, 0.29) is 13.1 Å². The van der Waals surface area contributed by atoms with Crippen LogP contribution >= 0.6 is 11.3 Å². The molecule has 0 saturated heterocycles. The van der Waals surface area contributed by atoms with Gasteiger partial charge in [-0.3, -0.25) is 0 Å². The van der Waals surface area contributed by atoms with Crippen molar-refractivity contribution in [2.45, 2.75) is 12.3 Å². The van der Waals surface area contributed by atoms with E-state index >= 15 is 0 Å². The van der Waals surface area contributed by atoms with Gasteiger partial charge < -0.3 is 5.73 Å². The van der Waals surface area contributed by atoms with E-state index in [2.05, 4.69) is 11.8 Å². The fourth-order valence-electron chi connectivity index (χ4n) is 0.913. The van der Waals surface area contributed by atoms with Crippen molar-refractivity contribution in [2.75, 3.05) is 6.54 Å². The predicted octanol–water partition coefficient (Wildman–Crippen LogP) is 0.700. The summed E-state index contributed by atoms with van der Waals surface area (Å²) in [7, 11) is -4.54. The van der Waals surface area contributed by atoms with Crippen molar-refractivity contribution in [1.82, 2.24) is 4.72 Å². The molecule has 1 aromatic rings. The van der Waals surface area contributed by atoms with E-state index in [1.54, 1.807) is 16.9 Å². The largest absolute Gasteiger partial charge is 0.350 e. The lowest BCUT2D eigenvalue weighted by molar-refractivity contribution is 0.232. The maximum Gasteiger partial charge on any atom is 0.350 e. The lowest BCUT2D eigenvalue weighted by Gasteiger charge is -2.02. The highest BCUT2D eigenvalue weighted by Crippen LogP contribution is 2.15. The standard InChI is InChI=1S/C9H10F2N2O2S2/c10-9(11)17(14,15)13-6-8-4-3-7(16-8)2-1-5-12/h3-4,9,13H,5-6,12H2. The van der Waals surface area contributed by atoms with Crippen LogP contribution in [0.3, 0.4) is 0 Å². The lowest BCUT2D eigenvalue weighted by atomic mass is 10.4. The van der Waals surface area contributed by atoms with E-state index < -0.39 is 15.8 Å². The molecule has 0 aliphatic heterocycles. The maximum absolute atomic E-state index is 12.0. The molecule has 1 heterocycles. The summed E-state index contributed by atoms with van der Waals surface area (Å²) in [5.41, 5.74) is 5.19. The molecule has 3 N–H and O–H groups in total. The number of hydrogen-bond donors (Lipinski definition) is 2. The van der Waals surface area contributed by atoms with E-state index in [9.17, 15) is 17.2 Å². The van der Waals surface area contributed by atoms with Crippen molar-refractivity contribution in [3.8, 4) is 11.8 Å². The molecule has 0 atom stereocenters. The number of thiophene rings is 1. The second-order valence-electron chi connectivity index (χ2n) is 2.90. The first-order valence-electron chi connectivity index (χ1n) is 4.50. The maximum atomic E-state index is 12.0. The van der Waals surface area contributed by atoms with Gasteiger partial charge in [0.15, 0.2) is 0 Å². The predicted molar refractivity (Wildman–Crippen MR) is 62.0 cm³/mol. The van der Waals surface area contributed by atoms with E-state index in [1.807, 2.05) is 0 Å². The number of halogens is 2. The van der Waals surface area contributed by atoms with Gasteiger partial charge in [-0.05, 0) is 12.1 Å². The second kappa shape index (κ2) is 6.07. The third-order valence-electron chi connectivity index (χ3n) is 1.66. The van der Waals surface area contributed by atoms with Crippen LogP contribution in [0.5, 0.6) is 0 Å². The summed E-state index contributed by atoms with van der Waals surface area (Å²) in [5.74, 6) is 1.98. The molecule has 0 fully saturated rings. The first-order chi connectivity index (χ1) is 7.95. The quantitative estimate of drug-likeness (QED) is 0.797. The summed E-state index contributed by atoms with van der Waals surface area (Å²) in [6.45, 7) is 0.0624. The molecule has 0 bridgehead atoms. The van der Waals surface area contributed by atoms with Crippen molar-refractivity contribution < 1.29 is 17.2 Å². The van der Waals surface area contributed by atoms with E-state index in [0.29, 0.717) is 9.75 Å². The van der Waals surface area contributed by atoms with E-state index in [0.717, 1.165) is 0 Å². The molecule has 0 radical (unpaired) electrons. The molecule has 17 heavy (non-hydrogen) atoms. The van der Waals surface area contributed by atoms with Crippen molar-refractivity contribution in [2.24, 2.45) is 5.73 Å². The summed E-state index contributed by atoms with van der Waals surface area (Å²) in [6, 6.07) is 3.30. The molecule has 0 aliphatic rings. The second-order valence-corrected chi connectivity index (χ2v) is 5.80. The molecular weight excluding hydrogens is 270 g/mol. The highest BCUT2D eigenvalue weighted by Gasteiger charge is 2.23. The smallest absolute Gasteiger partial charge is 0.320 e. The molecular formula is C9H10F2N2O2S2. The highest BCUT2D eigenvalue weighted by molar-refractivity contribution is 7.89. The molecule has 0 spiro atoms. The Morgan fingerprint density at radius 3 is 2.76 bits per heavy atom. The minimum absolute atomic E-state index is 0.165. The zero-order chi connectivity index (χ0) is 12.9. The van der Waals surface area contributed by atoms with Crippen molar-refractivity contribution in [1.29, 1.82) is 0 Å². The summed E-state index contributed by atoms with van der Waals surface area (Å²) in [4.78, 5) is 1.32. The molecule has 0 saturated carbocycles. The Balaban J connectivity index is 2.62. The van der Waals surface area contributed by atoms with E-state index in [4.69, 9.17) is 5.73 Å². The van der Waals surface area contributed by atoms with Gasteiger partial charge in [0.1, 0.15) is 0 Å². The molecule has 0 unspecified atom stereocenters. The lowest BCUT2D eigenvalue weighted by Crippen LogP contribution is -2.28. The van der Waals surface area contributed by atoms with Crippen molar-refractivity contribution in [3.05, 3.63) is 21.9 Å². The summed E-state index contributed by atoms with van der Waals surface area (Å²) in [6.07, 6.45) is 0. The monoisotopic (exact) mass is 280 g/mol. The highest BCUT2D eigenvalue weighted by atomic mass is 32.2. The summed E-state index contributed by atoms with van der Waals surface area (Å²) >= 11 is 1.22. The van der Waals surface area contributed by atoms with Crippen LogP contribution < -0.4 is 10.5 Å². The first-order valence-corrected chi connectivity index (χ1v) is 6.86. The molecule has 8 heteroatoms. The van der Waals surface area contributed by atoms with Crippen molar-refractivity contribution >= 4 is 21.4 Å². The first kappa shape index (κ1) is 14.1. The Bertz CT molecular complexity index is 529. The molecule has 0 aromatic carbocycles. The van der Waals surface area contributed by atoms with Gasteiger partial charge in [0.05, 0.1) is 11.4 Å². The van der Waals surface area contributed by atoms with Crippen molar-refractivity contribution in [3.63, 3.8) is 0 Å². The van der Waals surface area contributed by atoms with Gasteiger partial charge in [-0.15, -0.1) is 11.3 Å². The van der Waals surface area contributed by atoms with Gasteiger partial charge in [-0.2, -0.15) is 8.78 Å². The van der Waals surface area contributed by atoms with E-state index in [1.165, 1.54) is 11.3 Å². The normalized spacial score (nSPS) is 11.3. The topological polar surface area (TPSA) is 72.2 Å². The van der Waals surface area contributed by atoms with Gasteiger partial charge in [0.2, 0.25) is 0 Å². The summed E-state index contributed by atoms with van der Waals surface area (Å²) < 4.78 is 47.4. The Morgan fingerprint density at radius 2 is 2.18 bits per heavy atom. The number of rotatable bonds is 4. The van der Waals surface area contributed by atoms with Crippen LogP contribution in [0.4, 0.5) is 8.78 Å². The average Bonchev–Trinajstić information content (AvgIpc) is 2.71. The minimum Gasteiger partial charge on any atom is -0.320 e. The number of hydrogen-bond acceptors (Lipinski definition) is 4. The molecule has 0 aliphatic carbocycles. The minimum atomic E-state index is -4.54. The molecule has 94 valence electrons. The van der Waals surface area contributed by atoms with Crippen LogP contribution in [0.2, 0.25) is 0 Å². The third-order valence-corrected chi connectivity index (χ3v) is 3.67. The van der Waals surface area contributed by atoms with Gasteiger partial charge >= 0.3 is 5.76 Å². The number of nitrogens with one attached hydrogen (secondary N) is 1. The molecule has 1 aromatic heterocycles. The molecule has 0 amide bonds.